The Hall–Kier alpha value is -2.50. The lowest BCUT2D eigenvalue weighted by Gasteiger charge is -2.11. The van der Waals surface area contributed by atoms with Crippen molar-refractivity contribution in [1.29, 1.82) is 0 Å². The van der Waals surface area contributed by atoms with Crippen molar-refractivity contribution in [2.24, 2.45) is 0 Å². The van der Waals surface area contributed by atoms with E-state index in [2.05, 4.69) is 34.1 Å². The summed E-state index contributed by atoms with van der Waals surface area (Å²) in [5, 5.41) is 4.54. The van der Waals surface area contributed by atoms with Crippen molar-refractivity contribution >= 4 is 0 Å². The topological polar surface area (TPSA) is 48.5 Å². The van der Waals surface area contributed by atoms with Crippen LogP contribution in [0.3, 0.4) is 0 Å². The molecule has 21 heavy (non-hydrogen) atoms. The van der Waals surface area contributed by atoms with E-state index in [1.807, 2.05) is 22.9 Å². The normalized spacial score (nSPS) is 20.7. The maximum Gasteiger partial charge on any atom is 0.254 e. The lowest BCUT2D eigenvalue weighted by Crippen LogP contribution is -2.08. The van der Waals surface area contributed by atoms with Crippen LogP contribution in [0.4, 0.5) is 4.39 Å². The second kappa shape index (κ2) is 4.51. The van der Waals surface area contributed by atoms with E-state index >= 15 is 0 Å². The van der Waals surface area contributed by atoms with Gasteiger partial charge >= 0.3 is 0 Å². The molecule has 0 saturated heterocycles. The summed E-state index contributed by atoms with van der Waals surface area (Å²) in [7, 11) is 0. The fourth-order valence-corrected chi connectivity index (χ4v) is 2.90. The van der Waals surface area contributed by atoms with E-state index in [4.69, 9.17) is 0 Å². The third kappa shape index (κ3) is 1.94. The predicted octanol–water partition coefficient (Wildman–Crippen LogP) is 2.70. The highest BCUT2D eigenvalue weighted by molar-refractivity contribution is 5.26. The second-order valence-corrected chi connectivity index (χ2v) is 5.38. The summed E-state index contributed by atoms with van der Waals surface area (Å²) in [6.45, 7) is 2.14. The van der Waals surface area contributed by atoms with Crippen LogP contribution in [-0.2, 0) is 0 Å². The Bertz CT molecular complexity index is 776. The molecule has 0 radical (unpaired) electrons. The molecule has 0 bridgehead atoms. The lowest BCUT2D eigenvalue weighted by atomic mass is 10.0. The first-order valence-electron chi connectivity index (χ1n) is 6.93. The van der Waals surface area contributed by atoms with E-state index in [-0.39, 0.29) is 6.04 Å². The fourth-order valence-electron chi connectivity index (χ4n) is 2.90. The molecule has 1 aliphatic heterocycles. The SMILES string of the molecule is C[C@H]1C[C@@H](c2ccccc2)n2nc(-n3cnc(F)c3)nc21. The van der Waals surface area contributed by atoms with Crippen molar-refractivity contribution in [1.82, 2.24) is 24.3 Å². The van der Waals surface area contributed by atoms with Crippen molar-refractivity contribution in [3.8, 4) is 5.95 Å². The number of halogens is 1. The Kier molecular flexibility index (Phi) is 2.63. The van der Waals surface area contributed by atoms with E-state index < -0.39 is 5.95 Å². The Morgan fingerprint density at radius 3 is 2.76 bits per heavy atom. The average Bonchev–Trinajstić information content (AvgIpc) is 3.17. The van der Waals surface area contributed by atoms with Gasteiger partial charge < -0.3 is 0 Å². The van der Waals surface area contributed by atoms with Crippen molar-refractivity contribution < 1.29 is 4.39 Å². The monoisotopic (exact) mass is 283 g/mol. The summed E-state index contributed by atoms with van der Waals surface area (Å²) in [5.41, 5.74) is 1.22. The Morgan fingerprint density at radius 1 is 1.24 bits per heavy atom. The minimum Gasteiger partial charge on any atom is -0.270 e. The number of hydrogen-bond donors (Lipinski definition) is 0. The van der Waals surface area contributed by atoms with Crippen LogP contribution < -0.4 is 0 Å². The standard InChI is InChI=1S/C15H14FN5/c1-10-7-12(11-5-3-2-4-6-11)21-14(10)18-15(19-21)20-8-13(16)17-9-20/h2-6,8-10,12H,7H2,1H3/t10-,12-/m0/s1. The minimum atomic E-state index is -0.530. The van der Waals surface area contributed by atoms with Gasteiger partial charge in [-0.3, -0.25) is 4.57 Å². The number of aromatic nitrogens is 5. The van der Waals surface area contributed by atoms with Crippen LogP contribution in [0.2, 0.25) is 0 Å². The van der Waals surface area contributed by atoms with Crippen molar-refractivity contribution in [2.75, 3.05) is 0 Å². The zero-order valence-electron chi connectivity index (χ0n) is 11.5. The number of rotatable bonds is 2. The van der Waals surface area contributed by atoms with E-state index in [0.717, 1.165) is 12.2 Å². The van der Waals surface area contributed by atoms with Crippen LogP contribution in [0.1, 0.15) is 36.7 Å². The molecule has 0 unspecified atom stereocenters. The molecule has 0 saturated carbocycles. The lowest BCUT2D eigenvalue weighted by molar-refractivity contribution is 0.540. The highest BCUT2D eigenvalue weighted by Gasteiger charge is 2.32. The molecule has 1 aromatic carbocycles. The number of hydrogen-bond acceptors (Lipinski definition) is 3. The highest BCUT2D eigenvalue weighted by Crippen LogP contribution is 2.38. The molecule has 2 atom stereocenters. The summed E-state index contributed by atoms with van der Waals surface area (Å²) in [5.74, 6) is 1.20. The molecule has 0 amide bonds. The van der Waals surface area contributed by atoms with Gasteiger partial charge in [0.05, 0.1) is 12.2 Å². The summed E-state index contributed by atoms with van der Waals surface area (Å²) in [4.78, 5) is 8.12. The smallest absolute Gasteiger partial charge is 0.254 e. The van der Waals surface area contributed by atoms with Gasteiger partial charge in [0.25, 0.3) is 5.95 Å². The highest BCUT2D eigenvalue weighted by atomic mass is 19.1. The molecule has 2 aromatic heterocycles. The average molecular weight is 283 g/mol. The summed E-state index contributed by atoms with van der Waals surface area (Å²) in [6, 6.07) is 10.5. The van der Waals surface area contributed by atoms with Crippen LogP contribution in [0, 0.1) is 5.95 Å². The third-order valence-corrected chi connectivity index (χ3v) is 3.93. The van der Waals surface area contributed by atoms with Gasteiger partial charge in [0.2, 0.25) is 5.95 Å². The van der Waals surface area contributed by atoms with Crippen LogP contribution in [0.5, 0.6) is 0 Å². The van der Waals surface area contributed by atoms with E-state index in [9.17, 15) is 4.39 Å². The van der Waals surface area contributed by atoms with E-state index in [1.54, 1.807) is 0 Å². The number of imidazole rings is 1. The van der Waals surface area contributed by atoms with Gasteiger partial charge in [0, 0.05) is 5.92 Å². The summed E-state index contributed by atoms with van der Waals surface area (Å²) in [6.07, 6.45) is 3.66. The van der Waals surface area contributed by atoms with E-state index in [1.165, 1.54) is 22.7 Å². The molecule has 106 valence electrons. The maximum absolute atomic E-state index is 13.0. The molecule has 4 rings (SSSR count). The molecule has 5 nitrogen and oxygen atoms in total. The summed E-state index contributed by atoms with van der Waals surface area (Å²) < 4.78 is 16.5. The number of nitrogens with zero attached hydrogens (tertiary/aromatic N) is 5. The molecule has 0 fully saturated rings. The molecule has 3 aromatic rings. The number of benzene rings is 1. The zero-order valence-corrected chi connectivity index (χ0v) is 11.5. The quantitative estimate of drug-likeness (QED) is 0.726. The third-order valence-electron chi connectivity index (χ3n) is 3.93. The molecule has 3 heterocycles. The maximum atomic E-state index is 13.0. The van der Waals surface area contributed by atoms with Crippen molar-refractivity contribution in [2.45, 2.75) is 25.3 Å². The van der Waals surface area contributed by atoms with Crippen molar-refractivity contribution in [3.63, 3.8) is 0 Å². The second-order valence-electron chi connectivity index (χ2n) is 5.38. The van der Waals surface area contributed by atoms with Gasteiger partial charge in [-0.2, -0.15) is 9.37 Å². The van der Waals surface area contributed by atoms with Crippen LogP contribution >= 0.6 is 0 Å². The van der Waals surface area contributed by atoms with Crippen molar-refractivity contribution in [3.05, 3.63) is 60.2 Å². The Morgan fingerprint density at radius 2 is 2.05 bits per heavy atom. The van der Waals surface area contributed by atoms with Gasteiger partial charge in [-0.05, 0) is 12.0 Å². The first-order chi connectivity index (χ1) is 10.2. The van der Waals surface area contributed by atoms with Gasteiger partial charge in [0.1, 0.15) is 12.2 Å². The van der Waals surface area contributed by atoms with Gasteiger partial charge in [0.15, 0.2) is 0 Å². The molecule has 0 N–H and O–H groups in total. The van der Waals surface area contributed by atoms with Gasteiger partial charge in [-0.25, -0.2) is 9.67 Å². The minimum absolute atomic E-state index is 0.186. The van der Waals surface area contributed by atoms with Crippen LogP contribution in [-0.4, -0.2) is 24.3 Å². The van der Waals surface area contributed by atoms with Crippen LogP contribution in [0.15, 0.2) is 42.9 Å². The Labute approximate surface area is 121 Å². The zero-order chi connectivity index (χ0) is 14.4. The number of fused-ring (bicyclic) bond motifs is 1. The molecule has 0 spiro atoms. The molecule has 0 aliphatic carbocycles. The van der Waals surface area contributed by atoms with Gasteiger partial charge in [-0.1, -0.05) is 37.3 Å². The molecule has 1 aliphatic rings. The van der Waals surface area contributed by atoms with Gasteiger partial charge in [-0.15, -0.1) is 5.10 Å². The fraction of sp³-hybridized carbons (Fsp3) is 0.267. The van der Waals surface area contributed by atoms with E-state index in [0.29, 0.717) is 11.9 Å². The first kappa shape index (κ1) is 12.3. The molecule has 6 heteroatoms. The molecular formula is C15H14FN5. The summed E-state index contributed by atoms with van der Waals surface area (Å²) >= 11 is 0. The Balaban J connectivity index is 1.77. The molecular weight excluding hydrogens is 269 g/mol. The first-order valence-corrected chi connectivity index (χ1v) is 6.93. The largest absolute Gasteiger partial charge is 0.270 e. The predicted molar refractivity (Wildman–Crippen MR) is 74.7 cm³/mol. The van der Waals surface area contributed by atoms with Crippen LogP contribution in [0.25, 0.3) is 5.95 Å².